The molecule has 0 aromatic rings. The fraction of sp³-hybridized carbons (Fsp3) is 0.615. The van der Waals surface area contributed by atoms with Crippen LogP contribution in [0.2, 0.25) is 0 Å². The summed E-state index contributed by atoms with van der Waals surface area (Å²) in [5.74, 6) is -4.93. The largest absolute Gasteiger partial charge is 0.481 e. The smallest absolute Gasteiger partial charge is 0.327 e. The van der Waals surface area contributed by atoms with Crippen molar-refractivity contribution in [2.45, 2.75) is 31.0 Å². The number of carboxylic acids is 2. The summed E-state index contributed by atoms with van der Waals surface area (Å²) < 4.78 is 0. The molecule has 13 heteroatoms. The van der Waals surface area contributed by atoms with Crippen LogP contribution >= 0.6 is 25.3 Å². The van der Waals surface area contributed by atoms with E-state index in [1.54, 1.807) is 0 Å². The first kappa shape index (κ1) is 24.0. The molecule has 0 radical (unpaired) electrons. The molecule has 11 nitrogen and oxygen atoms in total. The van der Waals surface area contributed by atoms with Crippen LogP contribution in [0, 0.1) is 0 Å². The molecular weight excluding hydrogens is 388 g/mol. The summed E-state index contributed by atoms with van der Waals surface area (Å²) in [5.41, 5.74) is 5.42. The van der Waals surface area contributed by atoms with Gasteiger partial charge >= 0.3 is 11.9 Å². The Hall–Kier alpha value is -1.99. The number of thiol groups is 2. The van der Waals surface area contributed by atoms with Crippen LogP contribution in [0.4, 0.5) is 0 Å². The van der Waals surface area contributed by atoms with Crippen molar-refractivity contribution in [3.63, 3.8) is 0 Å². The van der Waals surface area contributed by atoms with Crippen LogP contribution in [0.15, 0.2) is 0 Å². The van der Waals surface area contributed by atoms with Gasteiger partial charge in [-0.1, -0.05) is 0 Å². The van der Waals surface area contributed by atoms with E-state index in [-0.39, 0.29) is 17.9 Å². The van der Waals surface area contributed by atoms with E-state index >= 15 is 0 Å². The maximum atomic E-state index is 12.1. The number of hydrogen-bond donors (Lipinski definition) is 8. The quantitative estimate of drug-likeness (QED) is 0.158. The van der Waals surface area contributed by atoms with Crippen LogP contribution in [0.1, 0.15) is 12.8 Å². The standard InChI is InChI=1S/C13H22N4O7S2/c14-6(4-25)11(21)15-3-9(18)16-7(1-2-10(19)20)12(22)17-8(5-26)13(23)24/h6-8,25-26H,1-5,14H2,(H,15,21)(H,16,18)(H,17,22)(H,19,20)(H,23,24). The molecule has 0 spiro atoms. The maximum Gasteiger partial charge on any atom is 0.327 e. The highest BCUT2D eigenvalue weighted by Crippen LogP contribution is 2.00. The summed E-state index contributed by atoms with van der Waals surface area (Å²) in [5, 5.41) is 24.3. The van der Waals surface area contributed by atoms with Gasteiger partial charge in [-0.3, -0.25) is 19.2 Å². The second-order valence-corrected chi connectivity index (χ2v) is 5.87. The summed E-state index contributed by atoms with van der Waals surface area (Å²) in [6.07, 6.45) is -0.705. The molecule has 26 heavy (non-hydrogen) atoms. The van der Waals surface area contributed by atoms with Crippen molar-refractivity contribution in [2.75, 3.05) is 18.1 Å². The molecule has 0 rings (SSSR count). The van der Waals surface area contributed by atoms with E-state index in [2.05, 4.69) is 41.2 Å². The average molecular weight is 410 g/mol. The summed E-state index contributed by atoms with van der Waals surface area (Å²) in [6, 6.07) is -3.51. The molecule has 3 unspecified atom stereocenters. The fourth-order valence-electron chi connectivity index (χ4n) is 1.62. The number of rotatable bonds is 12. The van der Waals surface area contributed by atoms with Gasteiger partial charge in [0.1, 0.15) is 12.1 Å². The lowest BCUT2D eigenvalue weighted by atomic mass is 10.1. The number of carboxylic acid groups (broad SMARTS) is 2. The first-order valence-corrected chi connectivity index (χ1v) is 8.68. The Balaban J connectivity index is 4.83. The maximum absolute atomic E-state index is 12.1. The first-order valence-electron chi connectivity index (χ1n) is 7.41. The minimum absolute atomic E-state index is 0.0669. The number of carbonyl (C=O) groups is 5. The molecule has 0 aromatic carbocycles. The summed E-state index contributed by atoms with van der Waals surface area (Å²) in [6.45, 7) is -0.494. The number of aliphatic carboxylic acids is 2. The molecule has 7 N–H and O–H groups in total. The Morgan fingerprint density at radius 3 is 2.00 bits per heavy atom. The third-order valence-electron chi connectivity index (χ3n) is 3.05. The van der Waals surface area contributed by atoms with Crippen LogP contribution in [0.5, 0.6) is 0 Å². The van der Waals surface area contributed by atoms with Crippen molar-refractivity contribution in [1.29, 1.82) is 0 Å². The van der Waals surface area contributed by atoms with Crippen LogP contribution in [-0.4, -0.2) is 76.0 Å². The fourth-order valence-corrected chi connectivity index (χ4v) is 2.03. The molecule has 0 aliphatic heterocycles. The van der Waals surface area contributed by atoms with Gasteiger partial charge in [0, 0.05) is 17.9 Å². The highest BCUT2D eigenvalue weighted by molar-refractivity contribution is 7.80. The van der Waals surface area contributed by atoms with E-state index in [4.69, 9.17) is 15.9 Å². The summed E-state index contributed by atoms with van der Waals surface area (Å²) >= 11 is 7.63. The Kier molecular flexibility index (Phi) is 11.4. The normalized spacial score (nSPS) is 13.8. The van der Waals surface area contributed by atoms with E-state index in [1.165, 1.54) is 0 Å². The van der Waals surface area contributed by atoms with Crippen molar-refractivity contribution >= 4 is 54.9 Å². The average Bonchev–Trinajstić information content (AvgIpc) is 2.59. The van der Waals surface area contributed by atoms with Gasteiger partial charge in [0.05, 0.1) is 12.6 Å². The Morgan fingerprint density at radius 1 is 0.923 bits per heavy atom. The molecular formula is C13H22N4O7S2. The number of carbonyl (C=O) groups excluding carboxylic acids is 3. The van der Waals surface area contributed by atoms with E-state index in [9.17, 15) is 24.0 Å². The first-order chi connectivity index (χ1) is 12.1. The second-order valence-electron chi connectivity index (χ2n) is 5.14. The zero-order valence-electron chi connectivity index (χ0n) is 13.7. The molecule has 0 saturated carbocycles. The highest BCUT2D eigenvalue weighted by Gasteiger charge is 2.26. The van der Waals surface area contributed by atoms with Gasteiger partial charge in [-0.15, -0.1) is 0 Å². The van der Waals surface area contributed by atoms with Gasteiger partial charge in [-0.05, 0) is 6.42 Å². The summed E-state index contributed by atoms with van der Waals surface area (Å²) in [7, 11) is 0. The highest BCUT2D eigenvalue weighted by atomic mass is 32.1. The molecule has 148 valence electrons. The molecule has 0 aliphatic carbocycles. The zero-order chi connectivity index (χ0) is 20.3. The molecule has 0 aromatic heterocycles. The molecule has 0 saturated heterocycles. The predicted octanol–water partition coefficient (Wildman–Crippen LogP) is -2.79. The van der Waals surface area contributed by atoms with Crippen molar-refractivity contribution < 1.29 is 34.2 Å². The number of nitrogens with two attached hydrogens (primary N) is 1. The number of amides is 3. The Morgan fingerprint density at radius 2 is 1.54 bits per heavy atom. The van der Waals surface area contributed by atoms with Gasteiger partial charge < -0.3 is 31.9 Å². The van der Waals surface area contributed by atoms with E-state index in [0.29, 0.717) is 0 Å². The zero-order valence-corrected chi connectivity index (χ0v) is 15.5. The van der Waals surface area contributed by atoms with Gasteiger partial charge in [-0.25, -0.2) is 4.79 Å². The summed E-state index contributed by atoms with van der Waals surface area (Å²) in [4.78, 5) is 57.1. The van der Waals surface area contributed by atoms with Crippen molar-refractivity contribution in [3.05, 3.63) is 0 Å². The van der Waals surface area contributed by atoms with Crippen LogP contribution in [0.25, 0.3) is 0 Å². The molecule has 3 amide bonds. The van der Waals surface area contributed by atoms with Crippen LogP contribution < -0.4 is 21.7 Å². The van der Waals surface area contributed by atoms with Crippen molar-refractivity contribution in [1.82, 2.24) is 16.0 Å². The molecule has 0 aliphatic rings. The topological polar surface area (TPSA) is 188 Å². The Labute approximate surface area is 160 Å². The number of nitrogens with one attached hydrogen (secondary N) is 3. The van der Waals surface area contributed by atoms with Gasteiger partial charge in [-0.2, -0.15) is 25.3 Å². The molecule has 0 bridgehead atoms. The lowest BCUT2D eigenvalue weighted by Crippen LogP contribution is -2.54. The van der Waals surface area contributed by atoms with Crippen LogP contribution in [0.3, 0.4) is 0 Å². The monoisotopic (exact) mass is 410 g/mol. The minimum Gasteiger partial charge on any atom is -0.481 e. The third-order valence-corrected chi connectivity index (χ3v) is 3.81. The minimum atomic E-state index is -1.33. The second kappa shape index (κ2) is 12.4. The van der Waals surface area contributed by atoms with E-state index < -0.39 is 60.8 Å². The third kappa shape index (κ3) is 9.48. The van der Waals surface area contributed by atoms with E-state index in [1.807, 2.05) is 0 Å². The lowest BCUT2D eigenvalue weighted by Gasteiger charge is -2.20. The Bertz CT molecular complexity index is 547. The molecule has 0 heterocycles. The SMILES string of the molecule is NC(CS)C(=O)NCC(=O)NC(CCC(=O)O)C(=O)NC(CS)C(=O)O. The van der Waals surface area contributed by atoms with Crippen molar-refractivity contribution in [2.24, 2.45) is 5.73 Å². The predicted molar refractivity (Wildman–Crippen MR) is 97.1 cm³/mol. The molecule has 0 fully saturated rings. The van der Waals surface area contributed by atoms with Gasteiger partial charge in [0.15, 0.2) is 0 Å². The van der Waals surface area contributed by atoms with E-state index in [0.717, 1.165) is 0 Å². The van der Waals surface area contributed by atoms with Crippen molar-refractivity contribution in [3.8, 4) is 0 Å². The van der Waals surface area contributed by atoms with Crippen LogP contribution in [-0.2, 0) is 24.0 Å². The van der Waals surface area contributed by atoms with Gasteiger partial charge in [0.25, 0.3) is 0 Å². The lowest BCUT2D eigenvalue weighted by molar-refractivity contribution is -0.142. The van der Waals surface area contributed by atoms with Gasteiger partial charge in [0.2, 0.25) is 17.7 Å². The molecule has 3 atom stereocenters. The number of hydrogen-bond acceptors (Lipinski definition) is 8.